The van der Waals surface area contributed by atoms with Crippen LogP contribution in [-0.2, 0) is 9.47 Å². The molecule has 0 fully saturated rings. The fourth-order valence-corrected chi connectivity index (χ4v) is 2.43. The van der Waals surface area contributed by atoms with Crippen LogP contribution in [0.15, 0.2) is 48.5 Å². The van der Waals surface area contributed by atoms with Crippen molar-refractivity contribution in [2.24, 2.45) is 0 Å². The molecule has 2 rings (SSSR count). The first-order valence-corrected chi connectivity index (χ1v) is 9.56. The van der Waals surface area contributed by atoms with E-state index in [1.54, 1.807) is 0 Å². The molecule has 0 aromatic heterocycles. The smallest absolute Gasteiger partial charge is 0.119 e. The average Bonchev–Trinajstić information content (AvgIpc) is 2.71. The number of benzene rings is 2. The molecule has 2 aromatic carbocycles. The molecule has 0 saturated carbocycles. The minimum absolute atomic E-state index is 0.0377. The Hall–Kier alpha value is -2.08. The molecule has 0 heterocycles. The Balaban J connectivity index is 1.70. The molecule has 1 N–H and O–H groups in total. The molecule has 0 aliphatic carbocycles. The molecule has 0 saturated heterocycles. The van der Waals surface area contributed by atoms with Crippen LogP contribution in [0.2, 0.25) is 0 Å². The molecule has 0 aliphatic rings. The van der Waals surface area contributed by atoms with Crippen LogP contribution in [0.4, 0.5) is 0 Å². The molecule has 148 valence electrons. The summed E-state index contributed by atoms with van der Waals surface area (Å²) in [6.45, 7) is 5.28. The van der Waals surface area contributed by atoms with Crippen molar-refractivity contribution in [3.05, 3.63) is 48.5 Å². The van der Waals surface area contributed by atoms with Gasteiger partial charge in [0.2, 0.25) is 0 Å². The standard InChI is InChI=1S/C22H30O5/c1-2-3-13-26-21-8-4-19(5-9-21)20-6-10-22(11-7-20)27-18-17-25-16-15-24-14-12-23/h4-11,23H,2-3,12-18H2,1H3. The molecule has 0 radical (unpaired) electrons. The van der Waals surface area contributed by atoms with Gasteiger partial charge in [-0.3, -0.25) is 0 Å². The second kappa shape index (κ2) is 13.1. The summed E-state index contributed by atoms with van der Waals surface area (Å²) in [6.07, 6.45) is 2.21. The summed E-state index contributed by atoms with van der Waals surface area (Å²) in [5, 5.41) is 8.59. The van der Waals surface area contributed by atoms with Gasteiger partial charge in [-0.25, -0.2) is 0 Å². The van der Waals surface area contributed by atoms with Crippen molar-refractivity contribution >= 4 is 0 Å². The molecular formula is C22H30O5. The number of unbranched alkanes of at least 4 members (excludes halogenated alkanes) is 1. The van der Waals surface area contributed by atoms with Gasteiger partial charge in [0.25, 0.3) is 0 Å². The van der Waals surface area contributed by atoms with Crippen LogP contribution in [-0.4, -0.2) is 51.4 Å². The van der Waals surface area contributed by atoms with Crippen LogP contribution >= 0.6 is 0 Å². The normalized spacial score (nSPS) is 10.7. The van der Waals surface area contributed by atoms with Gasteiger partial charge in [0, 0.05) is 0 Å². The van der Waals surface area contributed by atoms with Gasteiger partial charge in [-0.1, -0.05) is 37.6 Å². The van der Waals surface area contributed by atoms with Crippen molar-refractivity contribution in [1.29, 1.82) is 0 Å². The average molecular weight is 374 g/mol. The highest BCUT2D eigenvalue weighted by atomic mass is 16.5. The second-order valence-corrected chi connectivity index (χ2v) is 6.05. The summed E-state index contributed by atoms with van der Waals surface area (Å²) in [4.78, 5) is 0. The quantitative estimate of drug-likeness (QED) is 0.508. The summed E-state index contributed by atoms with van der Waals surface area (Å²) < 4.78 is 21.9. The molecule has 5 nitrogen and oxygen atoms in total. The van der Waals surface area contributed by atoms with E-state index >= 15 is 0 Å². The van der Waals surface area contributed by atoms with Crippen molar-refractivity contribution in [1.82, 2.24) is 0 Å². The lowest BCUT2D eigenvalue weighted by Crippen LogP contribution is -2.11. The number of aliphatic hydroxyl groups excluding tert-OH is 1. The minimum atomic E-state index is 0.0377. The topological polar surface area (TPSA) is 57.2 Å². The van der Waals surface area contributed by atoms with Crippen LogP contribution < -0.4 is 9.47 Å². The SMILES string of the molecule is CCCCOc1ccc(-c2ccc(OCCOCCOCCO)cc2)cc1. The predicted molar refractivity (Wildman–Crippen MR) is 106 cm³/mol. The number of hydrogen-bond acceptors (Lipinski definition) is 5. The number of hydrogen-bond donors (Lipinski definition) is 1. The van der Waals surface area contributed by atoms with Crippen LogP contribution in [0.25, 0.3) is 11.1 Å². The monoisotopic (exact) mass is 374 g/mol. The highest BCUT2D eigenvalue weighted by molar-refractivity contribution is 5.64. The Bertz CT molecular complexity index is 610. The Morgan fingerprint density at radius 1 is 0.630 bits per heavy atom. The van der Waals surface area contributed by atoms with E-state index in [0.717, 1.165) is 42.1 Å². The van der Waals surface area contributed by atoms with Crippen LogP contribution in [0.5, 0.6) is 11.5 Å². The lowest BCUT2D eigenvalue weighted by molar-refractivity contribution is 0.0247. The third-order valence-electron chi connectivity index (χ3n) is 3.91. The van der Waals surface area contributed by atoms with Crippen molar-refractivity contribution in [2.75, 3.05) is 46.2 Å². The fourth-order valence-electron chi connectivity index (χ4n) is 2.43. The molecule has 0 aliphatic heterocycles. The predicted octanol–water partition coefficient (Wildman–Crippen LogP) is 3.94. The van der Waals surface area contributed by atoms with E-state index in [9.17, 15) is 0 Å². The van der Waals surface area contributed by atoms with Gasteiger partial charge in [-0.2, -0.15) is 0 Å². The maximum Gasteiger partial charge on any atom is 0.119 e. The largest absolute Gasteiger partial charge is 0.494 e. The van der Waals surface area contributed by atoms with Gasteiger partial charge in [0.1, 0.15) is 18.1 Å². The summed E-state index contributed by atoms with van der Waals surface area (Å²) in [5.74, 6) is 1.73. The van der Waals surface area contributed by atoms with E-state index in [4.69, 9.17) is 24.1 Å². The molecule has 2 aromatic rings. The summed E-state index contributed by atoms with van der Waals surface area (Å²) >= 11 is 0. The van der Waals surface area contributed by atoms with Gasteiger partial charge in [-0.05, 0) is 41.8 Å². The highest BCUT2D eigenvalue weighted by Crippen LogP contribution is 2.24. The zero-order valence-electron chi connectivity index (χ0n) is 16.1. The second-order valence-electron chi connectivity index (χ2n) is 6.05. The number of ether oxygens (including phenoxy) is 4. The summed E-state index contributed by atoms with van der Waals surface area (Å²) in [7, 11) is 0. The van der Waals surface area contributed by atoms with E-state index in [0.29, 0.717) is 33.0 Å². The lowest BCUT2D eigenvalue weighted by Gasteiger charge is -2.09. The summed E-state index contributed by atoms with van der Waals surface area (Å²) in [5.41, 5.74) is 2.29. The Kier molecular flexibility index (Phi) is 10.3. The molecule has 0 amide bonds. The Morgan fingerprint density at radius 3 is 1.63 bits per heavy atom. The highest BCUT2D eigenvalue weighted by Gasteiger charge is 2.01. The molecule has 27 heavy (non-hydrogen) atoms. The zero-order chi connectivity index (χ0) is 19.2. The minimum Gasteiger partial charge on any atom is -0.494 e. The zero-order valence-corrected chi connectivity index (χ0v) is 16.1. The summed E-state index contributed by atoms with van der Waals surface area (Å²) in [6, 6.07) is 16.2. The van der Waals surface area contributed by atoms with Gasteiger partial charge >= 0.3 is 0 Å². The Labute approximate surface area is 161 Å². The van der Waals surface area contributed by atoms with Crippen LogP contribution in [0.3, 0.4) is 0 Å². The number of rotatable bonds is 14. The van der Waals surface area contributed by atoms with E-state index in [2.05, 4.69) is 19.1 Å². The molecule has 0 spiro atoms. The van der Waals surface area contributed by atoms with E-state index < -0.39 is 0 Å². The maximum atomic E-state index is 8.59. The molecule has 5 heteroatoms. The van der Waals surface area contributed by atoms with E-state index in [1.165, 1.54) is 0 Å². The van der Waals surface area contributed by atoms with Crippen molar-refractivity contribution < 1.29 is 24.1 Å². The van der Waals surface area contributed by atoms with Crippen molar-refractivity contribution in [3.8, 4) is 22.6 Å². The molecule has 0 atom stereocenters. The molecule has 0 unspecified atom stereocenters. The Morgan fingerprint density at radius 2 is 1.11 bits per heavy atom. The third kappa shape index (κ3) is 8.43. The maximum absolute atomic E-state index is 8.59. The van der Waals surface area contributed by atoms with Gasteiger partial charge in [0.05, 0.1) is 39.6 Å². The lowest BCUT2D eigenvalue weighted by atomic mass is 10.1. The van der Waals surface area contributed by atoms with Gasteiger partial charge in [-0.15, -0.1) is 0 Å². The number of aliphatic hydroxyl groups is 1. The molecule has 0 bridgehead atoms. The molecular weight excluding hydrogens is 344 g/mol. The van der Waals surface area contributed by atoms with E-state index in [1.807, 2.05) is 36.4 Å². The third-order valence-corrected chi connectivity index (χ3v) is 3.91. The first-order valence-electron chi connectivity index (χ1n) is 9.56. The van der Waals surface area contributed by atoms with Crippen LogP contribution in [0, 0.1) is 0 Å². The van der Waals surface area contributed by atoms with Crippen molar-refractivity contribution in [2.45, 2.75) is 19.8 Å². The van der Waals surface area contributed by atoms with Crippen molar-refractivity contribution in [3.63, 3.8) is 0 Å². The first-order chi connectivity index (χ1) is 13.3. The van der Waals surface area contributed by atoms with Gasteiger partial charge in [0.15, 0.2) is 0 Å². The van der Waals surface area contributed by atoms with E-state index in [-0.39, 0.29) is 6.61 Å². The fraction of sp³-hybridized carbons (Fsp3) is 0.455. The van der Waals surface area contributed by atoms with Crippen LogP contribution in [0.1, 0.15) is 19.8 Å². The first kappa shape index (κ1) is 21.2. The van der Waals surface area contributed by atoms with Gasteiger partial charge < -0.3 is 24.1 Å².